The average molecular weight is 239 g/mol. The molecule has 5 nitrogen and oxygen atoms in total. The van der Waals surface area contributed by atoms with Gasteiger partial charge >= 0.3 is 5.97 Å². The summed E-state index contributed by atoms with van der Waals surface area (Å²) in [5, 5.41) is 10.4. The fraction of sp³-hybridized carbons (Fsp3) is 0.182. The predicted octanol–water partition coefficient (Wildman–Crippen LogP) is 2.25. The van der Waals surface area contributed by atoms with E-state index in [2.05, 4.69) is 4.74 Å². The van der Waals surface area contributed by atoms with Crippen LogP contribution in [0, 0.1) is 15.9 Å². The van der Waals surface area contributed by atoms with E-state index in [0.29, 0.717) is 0 Å². The van der Waals surface area contributed by atoms with E-state index in [0.717, 1.165) is 12.1 Å². The number of halogens is 1. The van der Waals surface area contributed by atoms with Crippen LogP contribution in [0.4, 0.5) is 4.39 Å². The lowest BCUT2D eigenvalue weighted by Gasteiger charge is -2.01. The minimum Gasteiger partial charge on any atom is -0.465 e. The number of nitrogens with zero attached hydrogens (tertiary/aromatic N) is 1. The van der Waals surface area contributed by atoms with Crippen molar-refractivity contribution in [3.63, 3.8) is 0 Å². The zero-order chi connectivity index (χ0) is 13.0. The van der Waals surface area contributed by atoms with Crippen LogP contribution in [0.15, 0.2) is 23.9 Å². The molecule has 0 heterocycles. The van der Waals surface area contributed by atoms with Crippen molar-refractivity contribution in [3.8, 4) is 0 Å². The van der Waals surface area contributed by atoms with Crippen LogP contribution in [0.25, 0.3) is 6.08 Å². The Hall–Kier alpha value is -2.24. The van der Waals surface area contributed by atoms with Crippen LogP contribution < -0.4 is 0 Å². The second kappa shape index (κ2) is 5.20. The maximum Gasteiger partial charge on any atom is 0.337 e. The summed E-state index contributed by atoms with van der Waals surface area (Å²) in [5.74, 6) is -1.38. The van der Waals surface area contributed by atoms with Crippen molar-refractivity contribution in [3.05, 3.63) is 51.0 Å². The van der Waals surface area contributed by atoms with E-state index in [1.54, 1.807) is 0 Å². The summed E-state index contributed by atoms with van der Waals surface area (Å²) in [6.07, 6.45) is 1.09. The van der Waals surface area contributed by atoms with Crippen molar-refractivity contribution in [1.82, 2.24) is 0 Å². The standard InChI is InChI=1S/C11H10FNO4/c1-7(13(15)16)5-8-3-4-9(6-10(8)12)11(14)17-2/h3-6H,1-2H3/b7-5+. The number of hydrogen-bond acceptors (Lipinski definition) is 4. The lowest BCUT2D eigenvalue weighted by Crippen LogP contribution is -2.02. The highest BCUT2D eigenvalue weighted by molar-refractivity contribution is 5.89. The number of ether oxygens (including phenoxy) is 1. The van der Waals surface area contributed by atoms with E-state index in [9.17, 15) is 19.3 Å². The van der Waals surface area contributed by atoms with Gasteiger partial charge in [0.15, 0.2) is 0 Å². The molecular weight excluding hydrogens is 229 g/mol. The van der Waals surface area contributed by atoms with Crippen molar-refractivity contribution in [2.75, 3.05) is 7.11 Å². The third-order valence-corrected chi connectivity index (χ3v) is 2.07. The normalized spacial score (nSPS) is 11.1. The average Bonchev–Trinajstić information content (AvgIpc) is 2.30. The molecule has 0 amide bonds. The molecule has 0 unspecified atom stereocenters. The molecule has 0 bridgehead atoms. The second-order valence-corrected chi connectivity index (χ2v) is 3.27. The Morgan fingerprint density at radius 3 is 2.65 bits per heavy atom. The molecule has 1 aromatic carbocycles. The lowest BCUT2D eigenvalue weighted by atomic mass is 10.1. The van der Waals surface area contributed by atoms with Crippen molar-refractivity contribution < 1.29 is 18.8 Å². The molecule has 0 spiro atoms. The highest BCUT2D eigenvalue weighted by Crippen LogP contribution is 2.15. The largest absolute Gasteiger partial charge is 0.465 e. The number of benzene rings is 1. The SMILES string of the molecule is COC(=O)c1ccc(/C=C(\C)[N+](=O)[O-])c(F)c1. The zero-order valence-electron chi connectivity index (χ0n) is 9.27. The van der Waals surface area contributed by atoms with Crippen LogP contribution >= 0.6 is 0 Å². The van der Waals surface area contributed by atoms with Crippen molar-refractivity contribution >= 4 is 12.0 Å². The van der Waals surface area contributed by atoms with Crippen molar-refractivity contribution in [1.29, 1.82) is 0 Å². The summed E-state index contributed by atoms with van der Waals surface area (Å²) in [6.45, 7) is 1.26. The van der Waals surface area contributed by atoms with E-state index in [1.165, 1.54) is 26.2 Å². The summed E-state index contributed by atoms with van der Waals surface area (Å²) in [7, 11) is 1.19. The molecule has 1 aromatic rings. The van der Waals surface area contributed by atoms with Crippen LogP contribution in [0.3, 0.4) is 0 Å². The van der Waals surface area contributed by atoms with Gasteiger partial charge in [0.25, 0.3) is 0 Å². The first kappa shape index (κ1) is 12.8. The van der Waals surface area contributed by atoms with Gasteiger partial charge in [-0.2, -0.15) is 0 Å². The monoisotopic (exact) mass is 239 g/mol. The molecule has 90 valence electrons. The first-order chi connectivity index (χ1) is 7.95. The fourth-order valence-corrected chi connectivity index (χ4v) is 1.17. The molecule has 0 N–H and O–H groups in total. The van der Waals surface area contributed by atoms with E-state index >= 15 is 0 Å². The molecule has 0 saturated heterocycles. The van der Waals surface area contributed by atoms with E-state index in [-0.39, 0.29) is 16.8 Å². The fourth-order valence-electron chi connectivity index (χ4n) is 1.17. The van der Waals surface area contributed by atoms with Gasteiger partial charge in [-0.1, -0.05) is 6.07 Å². The Bertz CT molecular complexity index is 496. The number of esters is 1. The van der Waals surface area contributed by atoms with E-state index in [1.807, 2.05) is 0 Å². The van der Waals surface area contributed by atoms with Gasteiger partial charge in [-0.05, 0) is 12.1 Å². The molecule has 6 heteroatoms. The molecule has 17 heavy (non-hydrogen) atoms. The molecule has 0 fully saturated rings. The molecule has 0 aliphatic rings. The number of nitro groups is 1. The Morgan fingerprint density at radius 1 is 1.53 bits per heavy atom. The van der Waals surface area contributed by atoms with Gasteiger partial charge < -0.3 is 4.74 Å². The van der Waals surface area contributed by atoms with Gasteiger partial charge in [-0.3, -0.25) is 10.1 Å². The van der Waals surface area contributed by atoms with Gasteiger partial charge in [0.2, 0.25) is 5.70 Å². The number of methoxy groups -OCH3 is 1. The minimum absolute atomic E-state index is 0.0480. The Kier molecular flexibility index (Phi) is 3.92. The lowest BCUT2D eigenvalue weighted by molar-refractivity contribution is -0.422. The van der Waals surface area contributed by atoms with Gasteiger partial charge in [-0.25, -0.2) is 9.18 Å². The molecule has 0 atom stereocenters. The van der Waals surface area contributed by atoms with Crippen molar-refractivity contribution in [2.45, 2.75) is 6.92 Å². The van der Waals surface area contributed by atoms with Crippen LogP contribution in [-0.2, 0) is 4.74 Å². The summed E-state index contributed by atoms with van der Waals surface area (Å²) in [4.78, 5) is 20.9. The third kappa shape index (κ3) is 3.10. The van der Waals surface area contributed by atoms with Gasteiger partial charge in [0, 0.05) is 18.6 Å². The van der Waals surface area contributed by atoms with E-state index in [4.69, 9.17) is 0 Å². The van der Waals surface area contributed by atoms with Gasteiger partial charge in [0.1, 0.15) is 5.82 Å². The molecule has 0 aliphatic carbocycles. The number of carbonyl (C=O) groups excluding carboxylic acids is 1. The highest BCUT2D eigenvalue weighted by atomic mass is 19.1. The molecule has 0 aliphatic heterocycles. The van der Waals surface area contributed by atoms with Crippen LogP contribution in [0.2, 0.25) is 0 Å². The summed E-state index contributed by atoms with van der Waals surface area (Å²) in [5.41, 5.74) is -0.0810. The van der Waals surface area contributed by atoms with Crippen LogP contribution in [-0.4, -0.2) is 18.0 Å². The highest BCUT2D eigenvalue weighted by Gasteiger charge is 2.10. The zero-order valence-corrected chi connectivity index (χ0v) is 9.27. The van der Waals surface area contributed by atoms with Crippen LogP contribution in [0.5, 0.6) is 0 Å². The molecule has 0 saturated carbocycles. The topological polar surface area (TPSA) is 69.4 Å². The van der Waals surface area contributed by atoms with Gasteiger partial charge in [-0.15, -0.1) is 0 Å². The predicted molar refractivity (Wildman–Crippen MR) is 58.4 cm³/mol. The summed E-state index contributed by atoms with van der Waals surface area (Å²) >= 11 is 0. The number of allylic oxidation sites excluding steroid dienone is 1. The molecule has 0 aromatic heterocycles. The smallest absolute Gasteiger partial charge is 0.337 e. The minimum atomic E-state index is -0.714. The van der Waals surface area contributed by atoms with E-state index < -0.39 is 16.7 Å². The molecule has 1 rings (SSSR count). The summed E-state index contributed by atoms with van der Waals surface area (Å²) < 4.78 is 17.9. The first-order valence-corrected chi connectivity index (χ1v) is 4.66. The first-order valence-electron chi connectivity index (χ1n) is 4.66. The number of hydrogen-bond donors (Lipinski definition) is 0. The van der Waals surface area contributed by atoms with Crippen LogP contribution in [0.1, 0.15) is 22.8 Å². The molecule has 0 radical (unpaired) electrons. The van der Waals surface area contributed by atoms with Crippen molar-refractivity contribution in [2.24, 2.45) is 0 Å². The maximum absolute atomic E-state index is 13.5. The number of carbonyl (C=O) groups is 1. The second-order valence-electron chi connectivity index (χ2n) is 3.27. The maximum atomic E-state index is 13.5. The molecular formula is C11H10FNO4. The summed E-state index contributed by atoms with van der Waals surface area (Å²) in [6, 6.07) is 3.60. The third-order valence-electron chi connectivity index (χ3n) is 2.07. The Labute approximate surface area is 96.7 Å². The quantitative estimate of drug-likeness (QED) is 0.461. The number of rotatable bonds is 3. The van der Waals surface area contributed by atoms with Gasteiger partial charge in [0.05, 0.1) is 17.6 Å². The Balaban J connectivity index is 3.10. The Morgan fingerprint density at radius 2 is 2.18 bits per heavy atom.